The summed E-state index contributed by atoms with van der Waals surface area (Å²) in [4.78, 5) is 0.198. The van der Waals surface area contributed by atoms with Crippen LogP contribution in [-0.2, 0) is 9.84 Å². The second-order valence-corrected chi connectivity index (χ2v) is 6.49. The van der Waals surface area contributed by atoms with Crippen molar-refractivity contribution in [3.63, 3.8) is 0 Å². The molecule has 0 aromatic heterocycles. The maximum absolute atomic E-state index is 11.9. The molecule has 0 amide bonds. The van der Waals surface area contributed by atoms with Crippen molar-refractivity contribution in [3.05, 3.63) is 29.8 Å². The van der Waals surface area contributed by atoms with Gasteiger partial charge in [-0.25, -0.2) is 8.42 Å². The van der Waals surface area contributed by atoms with Gasteiger partial charge < -0.3 is 5.11 Å². The average molecular weight is 271 g/mol. The van der Waals surface area contributed by atoms with Crippen molar-refractivity contribution in [2.24, 2.45) is 0 Å². The summed E-state index contributed by atoms with van der Waals surface area (Å²) in [5, 5.41) is 19.6. The molecule has 0 saturated heterocycles. The van der Waals surface area contributed by atoms with Gasteiger partial charge in [0.25, 0.3) is 0 Å². The number of thiocyanates is 1. The number of sulfone groups is 1. The van der Waals surface area contributed by atoms with Gasteiger partial charge in [0.05, 0.1) is 16.8 Å². The van der Waals surface area contributed by atoms with Crippen LogP contribution in [0.5, 0.6) is 0 Å². The summed E-state index contributed by atoms with van der Waals surface area (Å²) in [7, 11) is -3.48. The second kappa shape index (κ2) is 6.05. The molecule has 1 N–H and O–H groups in total. The number of nitrogens with zero attached hydrogens (tertiary/aromatic N) is 1. The standard InChI is InChI=1S/C11H13NO3S2/c1-9-2-4-11(5-3-9)17(14,15)7-10(13)6-16-8-12/h2-5,10,13H,6-7H2,1H3. The van der Waals surface area contributed by atoms with Gasteiger partial charge in [-0.15, -0.1) is 0 Å². The summed E-state index contributed by atoms with van der Waals surface area (Å²) < 4.78 is 23.7. The van der Waals surface area contributed by atoms with Gasteiger partial charge in [-0.3, -0.25) is 0 Å². The van der Waals surface area contributed by atoms with E-state index in [4.69, 9.17) is 5.26 Å². The van der Waals surface area contributed by atoms with E-state index >= 15 is 0 Å². The number of benzene rings is 1. The highest BCUT2D eigenvalue weighted by Crippen LogP contribution is 2.14. The maximum atomic E-state index is 11.9. The number of hydrogen-bond acceptors (Lipinski definition) is 5. The zero-order valence-corrected chi connectivity index (χ0v) is 11.0. The number of aliphatic hydroxyl groups excluding tert-OH is 1. The second-order valence-electron chi connectivity index (χ2n) is 3.65. The summed E-state index contributed by atoms with van der Waals surface area (Å²) in [6.45, 7) is 1.87. The molecule has 4 nitrogen and oxygen atoms in total. The summed E-state index contributed by atoms with van der Waals surface area (Å²) in [6.07, 6.45) is -1.02. The first-order valence-electron chi connectivity index (χ1n) is 4.94. The van der Waals surface area contributed by atoms with E-state index in [1.165, 1.54) is 12.1 Å². The molecular weight excluding hydrogens is 258 g/mol. The van der Waals surface area contributed by atoms with Crippen molar-refractivity contribution < 1.29 is 13.5 Å². The van der Waals surface area contributed by atoms with E-state index < -0.39 is 15.9 Å². The third-order valence-corrected chi connectivity index (χ3v) is 4.63. The van der Waals surface area contributed by atoms with Gasteiger partial charge in [-0.2, -0.15) is 5.26 Å². The van der Waals surface area contributed by atoms with Crippen LogP contribution in [0.2, 0.25) is 0 Å². The fourth-order valence-corrected chi connectivity index (χ4v) is 3.18. The van der Waals surface area contributed by atoms with Gasteiger partial charge in [0.1, 0.15) is 5.40 Å². The van der Waals surface area contributed by atoms with Crippen LogP contribution < -0.4 is 0 Å². The van der Waals surface area contributed by atoms with Gasteiger partial charge in [0.2, 0.25) is 0 Å². The minimum absolute atomic E-state index is 0.0988. The molecule has 0 aliphatic rings. The SMILES string of the molecule is Cc1ccc(S(=O)(=O)CC(O)CSC#N)cc1. The van der Waals surface area contributed by atoms with E-state index in [1.807, 2.05) is 6.92 Å². The predicted octanol–water partition coefficient (Wildman–Crippen LogP) is 1.34. The highest BCUT2D eigenvalue weighted by molar-refractivity contribution is 8.03. The minimum Gasteiger partial charge on any atom is -0.391 e. The van der Waals surface area contributed by atoms with Gasteiger partial charge in [0.15, 0.2) is 9.84 Å². The Bertz CT molecular complexity index is 503. The van der Waals surface area contributed by atoms with Crippen molar-refractivity contribution in [3.8, 4) is 5.40 Å². The lowest BCUT2D eigenvalue weighted by molar-refractivity contribution is 0.223. The predicted molar refractivity (Wildman–Crippen MR) is 67.3 cm³/mol. The molecule has 0 heterocycles. The van der Waals surface area contributed by atoms with Crippen LogP contribution >= 0.6 is 11.8 Å². The zero-order valence-electron chi connectivity index (χ0n) is 9.33. The highest BCUT2D eigenvalue weighted by Gasteiger charge is 2.19. The molecule has 1 aromatic carbocycles. The summed E-state index contributed by atoms with van der Waals surface area (Å²) in [6, 6.07) is 6.47. The Balaban J connectivity index is 2.75. The third kappa shape index (κ3) is 4.38. The van der Waals surface area contributed by atoms with Gasteiger partial charge in [0, 0.05) is 5.75 Å². The number of aliphatic hydroxyl groups is 1. The van der Waals surface area contributed by atoms with E-state index in [1.54, 1.807) is 17.5 Å². The van der Waals surface area contributed by atoms with Crippen LogP contribution in [0.1, 0.15) is 5.56 Å². The molecule has 0 spiro atoms. The van der Waals surface area contributed by atoms with Crippen molar-refractivity contribution in [2.45, 2.75) is 17.9 Å². The quantitative estimate of drug-likeness (QED) is 0.818. The number of aryl methyl sites for hydroxylation is 1. The molecule has 0 radical (unpaired) electrons. The number of thioether (sulfide) groups is 1. The average Bonchev–Trinajstić information content (AvgIpc) is 2.26. The molecule has 0 bridgehead atoms. The van der Waals surface area contributed by atoms with Crippen LogP contribution in [0.25, 0.3) is 0 Å². The summed E-state index contributed by atoms with van der Waals surface area (Å²) >= 11 is 0.846. The normalized spacial score (nSPS) is 13.0. The van der Waals surface area contributed by atoms with Crippen LogP contribution in [-0.4, -0.2) is 31.1 Å². The van der Waals surface area contributed by atoms with Crippen LogP contribution in [0.3, 0.4) is 0 Å². The fraction of sp³-hybridized carbons (Fsp3) is 0.364. The van der Waals surface area contributed by atoms with Crippen molar-refractivity contribution >= 4 is 21.6 Å². The van der Waals surface area contributed by atoms with Crippen molar-refractivity contribution in [2.75, 3.05) is 11.5 Å². The molecule has 17 heavy (non-hydrogen) atoms. The molecule has 1 unspecified atom stereocenters. The highest BCUT2D eigenvalue weighted by atomic mass is 32.2. The Labute approximate surface area is 105 Å². The Hall–Kier alpha value is -1.03. The Morgan fingerprint density at radius 1 is 1.41 bits per heavy atom. The van der Waals surface area contributed by atoms with Gasteiger partial charge >= 0.3 is 0 Å². The molecular formula is C11H13NO3S2. The molecule has 6 heteroatoms. The first-order chi connectivity index (χ1) is 7.95. The number of nitriles is 1. The fourth-order valence-electron chi connectivity index (χ4n) is 1.28. The number of hydrogen-bond donors (Lipinski definition) is 1. The lowest BCUT2D eigenvalue weighted by atomic mass is 10.2. The van der Waals surface area contributed by atoms with Crippen LogP contribution in [0.4, 0.5) is 0 Å². The molecule has 92 valence electrons. The molecule has 1 aromatic rings. The maximum Gasteiger partial charge on any atom is 0.180 e. The van der Waals surface area contributed by atoms with E-state index in [9.17, 15) is 13.5 Å². The van der Waals surface area contributed by atoms with E-state index in [-0.39, 0.29) is 16.4 Å². The first-order valence-corrected chi connectivity index (χ1v) is 7.58. The van der Waals surface area contributed by atoms with Crippen molar-refractivity contribution in [1.82, 2.24) is 0 Å². The van der Waals surface area contributed by atoms with Crippen LogP contribution in [0, 0.1) is 17.6 Å². The van der Waals surface area contributed by atoms with Crippen molar-refractivity contribution in [1.29, 1.82) is 5.26 Å². The Kier molecular flexibility index (Phi) is 5.00. The minimum atomic E-state index is -3.48. The molecule has 1 rings (SSSR count). The number of rotatable bonds is 5. The van der Waals surface area contributed by atoms with E-state index in [2.05, 4.69) is 0 Å². The molecule has 0 saturated carbocycles. The topological polar surface area (TPSA) is 78.2 Å². The molecule has 1 atom stereocenters. The first kappa shape index (κ1) is 14.0. The molecule has 0 fully saturated rings. The third-order valence-electron chi connectivity index (χ3n) is 2.13. The van der Waals surface area contributed by atoms with Gasteiger partial charge in [-0.05, 0) is 30.8 Å². The lowest BCUT2D eigenvalue weighted by Crippen LogP contribution is -2.23. The lowest BCUT2D eigenvalue weighted by Gasteiger charge is -2.09. The van der Waals surface area contributed by atoms with Gasteiger partial charge in [-0.1, -0.05) is 17.7 Å². The largest absolute Gasteiger partial charge is 0.391 e. The van der Waals surface area contributed by atoms with E-state index in [0.717, 1.165) is 17.3 Å². The van der Waals surface area contributed by atoms with Crippen LogP contribution in [0.15, 0.2) is 29.2 Å². The monoisotopic (exact) mass is 271 g/mol. The Morgan fingerprint density at radius 3 is 2.53 bits per heavy atom. The zero-order chi connectivity index (χ0) is 12.9. The van der Waals surface area contributed by atoms with E-state index in [0.29, 0.717) is 0 Å². The molecule has 0 aliphatic heterocycles. The molecule has 0 aliphatic carbocycles. The smallest absolute Gasteiger partial charge is 0.180 e. The Morgan fingerprint density at radius 2 is 2.00 bits per heavy atom. The summed E-state index contributed by atoms with van der Waals surface area (Å²) in [5.41, 5.74) is 0.976. The summed E-state index contributed by atoms with van der Waals surface area (Å²) in [5.74, 6) is -0.258.